The Balaban J connectivity index is 2.08. The predicted molar refractivity (Wildman–Crippen MR) is 53.1 cm³/mol. The van der Waals surface area contributed by atoms with E-state index in [2.05, 4.69) is 12.2 Å². The molecule has 0 aromatic heterocycles. The normalized spacial score (nSPS) is 18.9. The molecule has 1 heterocycles. The number of amides is 1. The number of hydrogen-bond donors (Lipinski definition) is 1. The highest BCUT2D eigenvalue weighted by molar-refractivity contribution is 5.67. The first kappa shape index (κ1) is 11.3. The molecule has 14 heavy (non-hydrogen) atoms. The summed E-state index contributed by atoms with van der Waals surface area (Å²) in [5.74, 6) is 0.378. The Morgan fingerprint density at radius 3 is 2.64 bits per heavy atom. The molecule has 0 spiro atoms. The molecule has 82 valence electrons. The van der Waals surface area contributed by atoms with Gasteiger partial charge in [-0.15, -0.1) is 0 Å². The topological polar surface area (TPSA) is 47.6 Å². The first-order valence-corrected chi connectivity index (χ1v) is 5.00. The Morgan fingerprint density at radius 2 is 2.21 bits per heavy atom. The summed E-state index contributed by atoms with van der Waals surface area (Å²) in [5.41, 5.74) is 0.108. The lowest BCUT2D eigenvalue weighted by atomic mass is 9.89. The second kappa shape index (κ2) is 4.64. The Hall–Kier alpha value is -0.770. The van der Waals surface area contributed by atoms with E-state index >= 15 is 0 Å². The molecular weight excluding hydrogens is 182 g/mol. The molecule has 0 bridgehead atoms. The average Bonchev–Trinajstić information content (AvgIpc) is 2.08. The highest BCUT2D eigenvalue weighted by atomic mass is 16.5. The van der Waals surface area contributed by atoms with Crippen LogP contribution >= 0.6 is 0 Å². The molecule has 0 aromatic carbocycles. The molecule has 1 aliphatic rings. The van der Waals surface area contributed by atoms with Crippen LogP contribution in [0.2, 0.25) is 0 Å². The highest BCUT2D eigenvalue weighted by Crippen LogP contribution is 2.24. The van der Waals surface area contributed by atoms with E-state index < -0.39 is 0 Å². The van der Waals surface area contributed by atoms with Crippen molar-refractivity contribution < 1.29 is 14.3 Å². The third kappa shape index (κ3) is 3.54. The third-order valence-electron chi connectivity index (χ3n) is 2.11. The molecule has 1 N–H and O–H groups in total. The number of carbonyl (C=O) groups is 1. The Bertz CT molecular complexity index is 200. The van der Waals surface area contributed by atoms with Crippen molar-refractivity contribution in [2.24, 2.45) is 11.3 Å². The van der Waals surface area contributed by atoms with Gasteiger partial charge in [0, 0.05) is 12.0 Å². The summed E-state index contributed by atoms with van der Waals surface area (Å²) in [4.78, 5) is 11.2. The number of rotatable bonds is 4. The quantitative estimate of drug-likeness (QED) is 0.748. The van der Waals surface area contributed by atoms with Gasteiger partial charge in [0.15, 0.2) is 0 Å². The number of ether oxygens (including phenoxy) is 2. The van der Waals surface area contributed by atoms with Crippen molar-refractivity contribution in [1.29, 1.82) is 0 Å². The van der Waals surface area contributed by atoms with Crippen molar-refractivity contribution in [1.82, 2.24) is 5.32 Å². The zero-order valence-electron chi connectivity index (χ0n) is 9.13. The molecule has 4 nitrogen and oxygen atoms in total. The van der Waals surface area contributed by atoms with Crippen LogP contribution in [-0.2, 0) is 9.47 Å². The average molecular weight is 201 g/mol. The minimum Gasteiger partial charge on any atom is -0.449 e. The Morgan fingerprint density at radius 1 is 1.57 bits per heavy atom. The molecule has 4 heteroatoms. The SMILES string of the molecule is CC(C)COC(=O)NCC1(C)COC1. The summed E-state index contributed by atoms with van der Waals surface area (Å²) in [6.45, 7) is 8.64. The summed E-state index contributed by atoms with van der Waals surface area (Å²) >= 11 is 0. The molecule has 1 saturated heterocycles. The molecule has 0 saturated carbocycles. The molecule has 0 atom stereocenters. The number of nitrogens with one attached hydrogen (secondary N) is 1. The lowest BCUT2D eigenvalue weighted by Gasteiger charge is -2.37. The third-order valence-corrected chi connectivity index (χ3v) is 2.11. The first-order chi connectivity index (χ1) is 6.52. The molecule has 1 fully saturated rings. The zero-order valence-corrected chi connectivity index (χ0v) is 9.13. The molecule has 1 rings (SSSR count). The van der Waals surface area contributed by atoms with E-state index in [9.17, 15) is 4.79 Å². The van der Waals surface area contributed by atoms with Gasteiger partial charge in [-0.2, -0.15) is 0 Å². The fraction of sp³-hybridized carbons (Fsp3) is 0.900. The van der Waals surface area contributed by atoms with Gasteiger partial charge in [-0.1, -0.05) is 20.8 Å². The van der Waals surface area contributed by atoms with Gasteiger partial charge in [0.25, 0.3) is 0 Å². The maximum absolute atomic E-state index is 11.2. The van der Waals surface area contributed by atoms with Gasteiger partial charge in [-0.05, 0) is 5.92 Å². The maximum Gasteiger partial charge on any atom is 0.407 e. The van der Waals surface area contributed by atoms with Gasteiger partial charge in [0.2, 0.25) is 0 Å². The number of hydrogen-bond acceptors (Lipinski definition) is 3. The van der Waals surface area contributed by atoms with Crippen molar-refractivity contribution in [2.75, 3.05) is 26.4 Å². The number of carbonyl (C=O) groups excluding carboxylic acids is 1. The van der Waals surface area contributed by atoms with Crippen LogP contribution in [0.4, 0.5) is 4.79 Å². The minimum atomic E-state index is -0.327. The monoisotopic (exact) mass is 201 g/mol. The van der Waals surface area contributed by atoms with Crippen LogP contribution in [0, 0.1) is 11.3 Å². The van der Waals surface area contributed by atoms with E-state index in [0.29, 0.717) is 19.1 Å². The lowest BCUT2D eigenvalue weighted by molar-refractivity contribution is -0.0983. The van der Waals surface area contributed by atoms with Crippen LogP contribution in [0.3, 0.4) is 0 Å². The highest BCUT2D eigenvalue weighted by Gasteiger charge is 2.33. The van der Waals surface area contributed by atoms with Crippen LogP contribution in [0.1, 0.15) is 20.8 Å². The summed E-state index contributed by atoms with van der Waals surface area (Å²) in [6, 6.07) is 0. The molecular formula is C10H19NO3. The molecule has 0 unspecified atom stereocenters. The van der Waals surface area contributed by atoms with Gasteiger partial charge in [-0.25, -0.2) is 4.79 Å². The molecule has 1 aliphatic heterocycles. The molecule has 1 amide bonds. The maximum atomic E-state index is 11.2. The summed E-state index contributed by atoms with van der Waals surface area (Å²) in [7, 11) is 0. The van der Waals surface area contributed by atoms with Gasteiger partial charge in [-0.3, -0.25) is 0 Å². The van der Waals surface area contributed by atoms with Crippen LogP contribution in [0.15, 0.2) is 0 Å². The van der Waals surface area contributed by atoms with Crippen LogP contribution in [0.25, 0.3) is 0 Å². The Labute approximate surface area is 85.0 Å². The standard InChI is InChI=1S/C10H19NO3/c1-8(2)4-14-9(12)11-5-10(3)6-13-7-10/h8H,4-7H2,1-3H3,(H,11,12). The van der Waals surface area contributed by atoms with E-state index in [0.717, 1.165) is 13.2 Å². The fourth-order valence-electron chi connectivity index (χ4n) is 1.13. The van der Waals surface area contributed by atoms with E-state index in [1.165, 1.54) is 0 Å². The van der Waals surface area contributed by atoms with E-state index in [4.69, 9.17) is 9.47 Å². The van der Waals surface area contributed by atoms with Gasteiger partial charge < -0.3 is 14.8 Å². The predicted octanol–water partition coefficient (Wildman–Crippen LogP) is 1.41. The fourth-order valence-corrected chi connectivity index (χ4v) is 1.13. The molecule has 0 aromatic rings. The van der Waals surface area contributed by atoms with Crippen molar-refractivity contribution in [3.8, 4) is 0 Å². The summed E-state index contributed by atoms with van der Waals surface area (Å²) < 4.78 is 10.1. The van der Waals surface area contributed by atoms with Crippen LogP contribution in [-0.4, -0.2) is 32.5 Å². The van der Waals surface area contributed by atoms with Gasteiger partial charge in [0.05, 0.1) is 19.8 Å². The zero-order chi connectivity index (χ0) is 10.6. The van der Waals surface area contributed by atoms with Crippen LogP contribution in [0.5, 0.6) is 0 Å². The first-order valence-electron chi connectivity index (χ1n) is 5.00. The van der Waals surface area contributed by atoms with Crippen molar-refractivity contribution >= 4 is 6.09 Å². The molecule has 0 aliphatic carbocycles. The smallest absolute Gasteiger partial charge is 0.407 e. The lowest BCUT2D eigenvalue weighted by Crippen LogP contribution is -2.48. The van der Waals surface area contributed by atoms with Crippen LogP contribution < -0.4 is 5.32 Å². The van der Waals surface area contributed by atoms with Crippen molar-refractivity contribution in [2.45, 2.75) is 20.8 Å². The van der Waals surface area contributed by atoms with Crippen molar-refractivity contribution in [3.05, 3.63) is 0 Å². The second-order valence-electron chi connectivity index (χ2n) is 4.65. The summed E-state index contributed by atoms with van der Waals surface area (Å²) in [6.07, 6.45) is -0.327. The summed E-state index contributed by atoms with van der Waals surface area (Å²) in [5, 5.41) is 2.74. The number of alkyl carbamates (subject to hydrolysis) is 1. The van der Waals surface area contributed by atoms with E-state index in [1.54, 1.807) is 0 Å². The van der Waals surface area contributed by atoms with E-state index in [1.807, 2.05) is 13.8 Å². The van der Waals surface area contributed by atoms with E-state index in [-0.39, 0.29) is 11.5 Å². The van der Waals surface area contributed by atoms with Crippen molar-refractivity contribution in [3.63, 3.8) is 0 Å². The largest absolute Gasteiger partial charge is 0.449 e. The molecule has 0 radical (unpaired) electrons. The van der Waals surface area contributed by atoms with Gasteiger partial charge in [0.1, 0.15) is 0 Å². The Kier molecular flexibility index (Phi) is 3.75. The van der Waals surface area contributed by atoms with Gasteiger partial charge >= 0.3 is 6.09 Å². The minimum absolute atomic E-state index is 0.108. The second-order valence-corrected chi connectivity index (χ2v) is 4.65.